The molecule has 6 heteroatoms. The number of nitro benzene ring substituents is 1. The third-order valence-corrected chi connectivity index (χ3v) is 4.40. The number of hydrogen-bond donors (Lipinski definition) is 0. The Labute approximate surface area is 122 Å². The van der Waals surface area contributed by atoms with Gasteiger partial charge in [0.1, 0.15) is 0 Å². The third kappa shape index (κ3) is 3.13. The van der Waals surface area contributed by atoms with E-state index in [0.717, 1.165) is 9.37 Å². The molecule has 19 heavy (non-hydrogen) atoms. The van der Waals surface area contributed by atoms with Crippen molar-refractivity contribution in [2.75, 3.05) is 0 Å². The molecule has 0 heterocycles. The van der Waals surface area contributed by atoms with E-state index in [1.54, 1.807) is 36.4 Å². The van der Waals surface area contributed by atoms with Crippen LogP contribution in [0.2, 0.25) is 0 Å². The zero-order valence-corrected chi connectivity index (χ0v) is 11.9. The fraction of sp³-hybridized carbons (Fsp3) is 0. The van der Waals surface area contributed by atoms with Crippen molar-refractivity contribution >= 4 is 33.4 Å². The van der Waals surface area contributed by atoms with Crippen LogP contribution in [-0.4, -0.2) is 4.92 Å². The Morgan fingerprint density at radius 3 is 2.58 bits per heavy atom. The van der Waals surface area contributed by atoms with Gasteiger partial charge >= 0.3 is 0 Å². The van der Waals surface area contributed by atoms with Gasteiger partial charge in [-0.15, -0.1) is 0 Å². The van der Waals surface area contributed by atoms with Crippen LogP contribution in [0.3, 0.4) is 0 Å². The largest absolute Gasteiger partial charge is 0.283 e. The predicted molar refractivity (Wildman–Crippen MR) is 76.1 cm³/mol. The molecule has 2 rings (SSSR count). The highest BCUT2D eigenvalue weighted by molar-refractivity contribution is 9.10. The Hall–Kier alpha value is -1.84. The molecule has 0 aliphatic heterocycles. The molecule has 0 unspecified atom stereocenters. The van der Waals surface area contributed by atoms with Gasteiger partial charge in [-0.05, 0) is 40.2 Å². The first-order chi connectivity index (χ1) is 9.11. The normalized spacial score (nSPS) is 9.89. The molecule has 0 atom stereocenters. The average molecular weight is 335 g/mol. The molecule has 0 N–H and O–H groups in total. The molecule has 0 radical (unpaired) electrons. The van der Waals surface area contributed by atoms with Crippen molar-refractivity contribution < 1.29 is 4.92 Å². The van der Waals surface area contributed by atoms with E-state index < -0.39 is 4.92 Å². The topological polar surface area (TPSA) is 66.9 Å². The van der Waals surface area contributed by atoms with Crippen LogP contribution in [0.15, 0.2) is 56.7 Å². The summed E-state index contributed by atoms with van der Waals surface area (Å²) in [7, 11) is 0. The lowest BCUT2D eigenvalue weighted by molar-refractivity contribution is -0.387. The van der Waals surface area contributed by atoms with E-state index in [4.69, 9.17) is 5.26 Å². The molecular formula is C13H7BrN2O2S. The number of nitrogens with zero attached hydrogens (tertiary/aromatic N) is 2. The van der Waals surface area contributed by atoms with Crippen LogP contribution in [0.4, 0.5) is 5.69 Å². The van der Waals surface area contributed by atoms with Crippen LogP contribution in [0.5, 0.6) is 0 Å². The van der Waals surface area contributed by atoms with Crippen LogP contribution >= 0.6 is 27.7 Å². The Kier molecular flexibility index (Phi) is 4.20. The third-order valence-electron chi connectivity index (χ3n) is 2.34. The van der Waals surface area contributed by atoms with E-state index in [0.29, 0.717) is 10.5 Å². The van der Waals surface area contributed by atoms with Crippen molar-refractivity contribution in [1.29, 1.82) is 5.26 Å². The van der Waals surface area contributed by atoms with Crippen molar-refractivity contribution in [3.05, 3.63) is 62.6 Å². The summed E-state index contributed by atoms with van der Waals surface area (Å²) in [6.07, 6.45) is 0. The first-order valence-corrected chi connectivity index (χ1v) is 6.83. The lowest BCUT2D eigenvalue weighted by Crippen LogP contribution is -1.90. The van der Waals surface area contributed by atoms with Gasteiger partial charge in [0.2, 0.25) is 0 Å². The van der Waals surface area contributed by atoms with E-state index in [2.05, 4.69) is 15.9 Å². The van der Waals surface area contributed by atoms with Gasteiger partial charge in [-0.1, -0.05) is 23.9 Å². The molecule has 0 aliphatic rings. The number of benzene rings is 2. The maximum absolute atomic E-state index is 10.9. The van der Waals surface area contributed by atoms with Gasteiger partial charge in [-0.2, -0.15) is 5.26 Å². The summed E-state index contributed by atoms with van der Waals surface area (Å²) >= 11 is 4.66. The van der Waals surface area contributed by atoms with Crippen molar-refractivity contribution in [3.63, 3.8) is 0 Å². The SMILES string of the molecule is N#Cc1ccc(Sc2ccccc2[N+](=O)[O-])c(Br)c1. The summed E-state index contributed by atoms with van der Waals surface area (Å²) in [5.74, 6) is 0. The second kappa shape index (κ2) is 5.87. The Morgan fingerprint density at radius 2 is 1.95 bits per heavy atom. The average Bonchev–Trinajstić information content (AvgIpc) is 2.41. The standard InChI is InChI=1S/C13H7BrN2O2S/c14-10-7-9(8-15)5-6-12(10)19-13-4-2-1-3-11(13)16(17)18/h1-7H. The second-order valence-corrected chi connectivity index (χ2v) is 5.52. The summed E-state index contributed by atoms with van der Waals surface area (Å²) in [6, 6.07) is 13.7. The fourth-order valence-corrected chi connectivity index (χ4v) is 3.01. The molecule has 0 fully saturated rings. The zero-order valence-electron chi connectivity index (χ0n) is 9.54. The highest BCUT2D eigenvalue weighted by Crippen LogP contribution is 2.38. The van der Waals surface area contributed by atoms with Gasteiger partial charge < -0.3 is 0 Å². The molecular weight excluding hydrogens is 328 g/mol. The molecule has 2 aromatic rings. The van der Waals surface area contributed by atoms with Crippen LogP contribution < -0.4 is 0 Å². The Balaban J connectivity index is 2.37. The molecule has 0 aromatic heterocycles. The fourth-order valence-electron chi connectivity index (χ4n) is 1.47. The van der Waals surface area contributed by atoms with Crippen molar-refractivity contribution in [1.82, 2.24) is 0 Å². The molecule has 0 aliphatic carbocycles. The van der Waals surface area contributed by atoms with Crippen LogP contribution in [-0.2, 0) is 0 Å². The Morgan fingerprint density at radius 1 is 1.21 bits per heavy atom. The summed E-state index contributed by atoms with van der Waals surface area (Å²) < 4.78 is 0.745. The van der Waals surface area contributed by atoms with E-state index in [9.17, 15) is 10.1 Å². The number of nitro groups is 1. The molecule has 0 amide bonds. The van der Waals surface area contributed by atoms with Crippen molar-refractivity contribution in [2.24, 2.45) is 0 Å². The summed E-state index contributed by atoms with van der Waals surface area (Å²) in [6.45, 7) is 0. The highest BCUT2D eigenvalue weighted by Gasteiger charge is 2.14. The lowest BCUT2D eigenvalue weighted by Gasteiger charge is -2.05. The number of nitriles is 1. The molecule has 2 aromatic carbocycles. The minimum absolute atomic E-state index is 0.0729. The molecule has 0 spiro atoms. The number of rotatable bonds is 3. The smallest absolute Gasteiger partial charge is 0.258 e. The van der Waals surface area contributed by atoms with E-state index in [1.807, 2.05) is 6.07 Å². The molecule has 0 saturated heterocycles. The summed E-state index contributed by atoms with van der Waals surface area (Å²) in [5.41, 5.74) is 0.613. The van der Waals surface area contributed by atoms with Crippen molar-refractivity contribution in [3.8, 4) is 6.07 Å². The molecule has 4 nitrogen and oxygen atoms in total. The number of hydrogen-bond acceptors (Lipinski definition) is 4. The van der Waals surface area contributed by atoms with Crippen LogP contribution in [0.25, 0.3) is 0 Å². The summed E-state index contributed by atoms with van der Waals surface area (Å²) in [5, 5.41) is 19.7. The second-order valence-electron chi connectivity index (χ2n) is 3.58. The van der Waals surface area contributed by atoms with Gasteiger partial charge in [0.25, 0.3) is 5.69 Å². The maximum atomic E-state index is 10.9. The minimum atomic E-state index is -0.403. The molecule has 0 bridgehead atoms. The first kappa shape index (κ1) is 13.6. The minimum Gasteiger partial charge on any atom is -0.258 e. The number of halogens is 1. The molecule has 0 saturated carbocycles. The van der Waals surface area contributed by atoms with Gasteiger partial charge in [0, 0.05) is 15.4 Å². The monoisotopic (exact) mass is 334 g/mol. The molecule has 94 valence electrons. The lowest BCUT2D eigenvalue weighted by atomic mass is 10.2. The van der Waals surface area contributed by atoms with Gasteiger partial charge in [-0.3, -0.25) is 10.1 Å². The summed E-state index contributed by atoms with van der Waals surface area (Å²) in [4.78, 5) is 11.9. The maximum Gasteiger partial charge on any atom is 0.283 e. The van der Waals surface area contributed by atoms with Crippen LogP contribution in [0.1, 0.15) is 5.56 Å². The quantitative estimate of drug-likeness (QED) is 0.617. The van der Waals surface area contributed by atoms with Gasteiger partial charge in [0.15, 0.2) is 0 Å². The predicted octanol–water partition coefficient (Wildman–Crippen LogP) is 4.38. The van der Waals surface area contributed by atoms with Gasteiger partial charge in [0.05, 0.1) is 21.5 Å². The zero-order chi connectivity index (χ0) is 13.8. The van der Waals surface area contributed by atoms with Crippen LogP contribution in [0, 0.1) is 21.4 Å². The van der Waals surface area contributed by atoms with Gasteiger partial charge in [-0.25, -0.2) is 0 Å². The van der Waals surface area contributed by atoms with Crippen molar-refractivity contribution in [2.45, 2.75) is 9.79 Å². The van der Waals surface area contributed by atoms with E-state index in [1.165, 1.54) is 17.8 Å². The van der Waals surface area contributed by atoms with E-state index in [-0.39, 0.29) is 5.69 Å². The highest BCUT2D eigenvalue weighted by atomic mass is 79.9. The number of para-hydroxylation sites is 1. The van der Waals surface area contributed by atoms with E-state index >= 15 is 0 Å². The first-order valence-electron chi connectivity index (χ1n) is 5.22. The Bertz CT molecular complexity index is 683.